The van der Waals surface area contributed by atoms with Crippen LogP contribution in [0.5, 0.6) is 0 Å². The van der Waals surface area contributed by atoms with Crippen molar-refractivity contribution in [2.45, 2.75) is 25.4 Å². The van der Waals surface area contributed by atoms with Gasteiger partial charge < -0.3 is 27.0 Å². The van der Waals surface area contributed by atoms with E-state index in [-0.39, 0.29) is 17.8 Å². The molecule has 2 rings (SSSR count). The molecule has 0 aliphatic carbocycles. The van der Waals surface area contributed by atoms with Crippen LogP contribution < -0.4 is 27.0 Å². The van der Waals surface area contributed by atoms with Crippen molar-refractivity contribution in [3.05, 3.63) is 4.88 Å². The molecule has 1 fully saturated rings. The smallest absolute Gasteiger partial charge is 0.265 e. The number of hydrogen-bond donors (Lipinski definition) is 4. The third kappa shape index (κ3) is 3.42. The van der Waals surface area contributed by atoms with Gasteiger partial charge in [0.05, 0.1) is 0 Å². The second-order valence-electron chi connectivity index (χ2n) is 5.01. The van der Waals surface area contributed by atoms with Gasteiger partial charge in [0.2, 0.25) is 5.91 Å². The van der Waals surface area contributed by atoms with Crippen LogP contribution in [-0.2, 0) is 4.79 Å². The molecule has 0 spiro atoms. The third-order valence-corrected chi connectivity index (χ3v) is 4.46. The second-order valence-corrected chi connectivity index (χ2v) is 5.99. The van der Waals surface area contributed by atoms with E-state index in [2.05, 4.69) is 15.6 Å². The lowest BCUT2D eigenvalue weighted by Crippen LogP contribution is -2.43. The minimum atomic E-state index is -0.632. The summed E-state index contributed by atoms with van der Waals surface area (Å²) in [7, 11) is 1.51. The fourth-order valence-corrected chi connectivity index (χ4v) is 3.05. The molecule has 0 bridgehead atoms. The Morgan fingerprint density at radius 3 is 2.81 bits per heavy atom. The van der Waals surface area contributed by atoms with E-state index in [1.807, 2.05) is 4.90 Å². The molecule has 116 valence electrons. The summed E-state index contributed by atoms with van der Waals surface area (Å²) in [5.74, 6) is -0.481. The van der Waals surface area contributed by atoms with Crippen molar-refractivity contribution in [2.24, 2.45) is 5.73 Å². The highest BCUT2D eigenvalue weighted by molar-refractivity contribution is 7.18. The summed E-state index contributed by atoms with van der Waals surface area (Å²) >= 11 is 1.22. The molecule has 6 N–H and O–H groups in total. The van der Waals surface area contributed by atoms with Crippen LogP contribution in [0.3, 0.4) is 0 Å². The van der Waals surface area contributed by atoms with Crippen molar-refractivity contribution in [3.63, 3.8) is 0 Å². The van der Waals surface area contributed by atoms with Gasteiger partial charge in [0, 0.05) is 26.2 Å². The number of carbonyl (C=O) groups is 2. The second kappa shape index (κ2) is 6.27. The Hall–Kier alpha value is -1.87. The van der Waals surface area contributed by atoms with E-state index in [0.29, 0.717) is 16.6 Å². The molecule has 2 heterocycles. The molecule has 0 radical (unpaired) electrons. The Morgan fingerprint density at radius 1 is 1.52 bits per heavy atom. The quantitative estimate of drug-likeness (QED) is 0.572. The monoisotopic (exact) mass is 312 g/mol. The number of anilines is 2. The molecule has 9 heteroatoms. The van der Waals surface area contributed by atoms with Gasteiger partial charge in [-0.1, -0.05) is 11.3 Å². The zero-order valence-electron chi connectivity index (χ0n) is 12.0. The number of nitrogen functional groups attached to an aromatic ring is 1. The lowest BCUT2D eigenvalue weighted by atomic mass is 10.3. The molecule has 0 aromatic carbocycles. The number of nitrogens with one attached hydrogen (secondary N) is 2. The fraction of sp³-hybridized carbons (Fsp3) is 0.583. The standard InChI is InChI=1S/C12H20N6O2S/c1-6(10(19)15-2)16-11(20)8-9(14)17-12(21-8)18-4-3-7(13)5-18/h6-7H,3-5,13-14H2,1-2H3,(H,15,19)(H,16,20). The molecule has 1 aliphatic rings. The zero-order valence-corrected chi connectivity index (χ0v) is 12.9. The lowest BCUT2D eigenvalue weighted by Gasteiger charge is -2.13. The van der Waals surface area contributed by atoms with E-state index < -0.39 is 11.9 Å². The van der Waals surface area contributed by atoms with Gasteiger partial charge in [-0.25, -0.2) is 4.98 Å². The van der Waals surface area contributed by atoms with Gasteiger partial charge in [0.1, 0.15) is 16.7 Å². The van der Waals surface area contributed by atoms with Crippen molar-refractivity contribution in [1.29, 1.82) is 0 Å². The summed E-state index contributed by atoms with van der Waals surface area (Å²) in [6.07, 6.45) is 0.898. The normalized spacial score (nSPS) is 19.4. The first-order valence-corrected chi connectivity index (χ1v) is 7.53. The number of likely N-dealkylation sites (N-methyl/N-ethyl adjacent to an activating group) is 1. The van der Waals surface area contributed by atoms with E-state index in [4.69, 9.17) is 11.5 Å². The van der Waals surface area contributed by atoms with E-state index in [0.717, 1.165) is 13.0 Å². The molecule has 1 aliphatic heterocycles. The van der Waals surface area contributed by atoms with Crippen molar-refractivity contribution in [2.75, 3.05) is 30.8 Å². The van der Waals surface area contributed by atoms with Gasteiger partial charge in [-0.2, -0.15) is 0 Å². The first-order valence-electron chi connectivity index (χ1n) is 6.71. The van der Waals surface area contributed by atoms with Crippen LogP contribution in [0.25, 0.3) is 0 Å². The fourth-order valence-electron chi connectivity index (χ4n) is 2.12. The van der Waals surface area contributed by atoms with Crippen LogP contribution in [0.4, 0.5) is 10.9 Å². The van der Waals surface area contributed by atoms with Crippen LogP contribution in [0, 0.1) is 0 Å². The molecule has 0 saturated carbocycles. The summed E-state index contributed by atoms with van der Waals surface area (Å²) in [6.45, 7) is 3.13. The number of nitrogens with zero attached hydrogens (tertiary/aromatic N) is 2. The van der Waals surface area contributed by atoms with Gasteiger partial charge in [0.15, 0.2) is 5.13 Å². The van der Waals surface area contributed by atoms with Gasteiger partial charge in [-0.05, 0) is 13.3 Å². The molecule has 1 saturated heterocycles. The van der Waals surface area contributed by atoms with Gasteiger partial charge in [0.25, 0.3) is 5.91 Å². The maximum absolute atomic E-state index is 12.1. The maximum atomic E-state index is 12.1. The van der Waals surface area contributed by atoms with Crippen LogP contribution in [-0.4, -0.2) is 49.0 Å². The highest BCUT2D eigenvalue weighted by Crippen LogP contribution is 2.30. The highest BCUT2D eigenvalue weighted by Gasteiger charge is 2.26. The SMILES string of the molecule is CNC(=O)C(C)NC(=O)c1sc(N2CCC(N)C2)nc1N. The first-order chi connectivity index (χ1) is 9.92. The van der Waals surface area contributed by atoms with Crippen molar-refractivity contribution in [3.8, 4) is 0 Å². The van der Waals surface area contributed by atoms with Crippen molar-refractivity contribution < 1.29 is 9.59 Å². The maximum Gasteiger partial charge on any atom is 0.265 e. The molecule has 2 atom stereocenters. The van der Waals surface area contributed by atoms with Gasteiger partial charge in [-0.15, -0.1) is 0 Å². The average Bonchev–Trinajstić information content (AvgIpc) is 3.03. The number of hydrogen-bond acceptors (Lipinski definition) is 7. The molecular weight excluding hydrogens is 292 g/mol. The van der Waals surface area contributed by atoms with Crippen LogP contribution >= 0.6 is 11.3 Å². The first kappa shape index (κ1) is 15.5. The molecule has 1 aromatic rings. The van der Waals surface area contributed by atoms with Gasteiger partial charge >= 0.3 is 0 Å². The zero-order chi connectivity index (χ0) is 15.6. The minimum Gasteiger partial charge on any atom is -0.382 e. The highest BCUT2D eigenvalue weighted by atomic mass is 32.1. The van der Waals surface area contributed by atoms with E-state index >= 15 is 0 Å². The summed E-state index contributed by atoms with van der Waals surface area (Å²) in [6, 6.07) is -0.506. The minimum absolute atomic E-state index is 0.126. The van der Waals surface area contributed by atoms with Crippen LogP contribution in [0.2, 0.25) is 0 Å². The summed E-state index contributed by atoms with van der Waals surface area (Å²) in [5.41, 5.74) is 11.7. The molecule has 2 amide bonds. The number of rotatable bonds is 4. The van der Waals surface area contributed by atoms with Crippen molar-refractivity contribution >= 4 is 34.1 Å². The Kier molecular flexibility index (Phi) is 4.63. The lowest BCUT2D eigenvalue weighted by molar-refractivity contribution is -0.122. The predicted molar refractivity (Wildman–Crippen MR) is 82.3 cm³/mol. The summed E-state index contributed by atoms with van der Waals surface area (Å²) in [5, 5.41) is 5.76. The Morgan fingerprint density at radius 2 is 2.24 bits per heavy atom. The largest absolute Gasteiger partial charge is 0.382 e. The molecule has 21 heavy (non-hydrogen) atoms. The van der Waals surface area contributed by atoms with E-state index in [9.17, 15) is 9.59 Å². The van der Waals surface area contributed by atoms with Crippen molar-refractivity contribution in [1.82, 2.24) is 15.6 Å². The molecular formula is C12H20N6O2S. The Bertz CT molecular complexity index is 546. The predicted octanol–water partition coefficient (Wildman–Crippen LogP) is -0.873. The molecule has 8 nitrogen and oxygen atoms in total. The summed E-state index contributed by atoms with van der Waals surface area (Å²) in [4.78, 5) is 30.1. The Balaban J connectivity index is 2.08. The number of nitrogens with two attached hydrogens (primary N) is 2. The number of thiazole rings is 1. The van der Waals surface area contributed by atoms with Gasteiger partial charge in [-0.3, -0.25) is 9.59 Å². The summed E-state index contributed by atoms with van der Waals surface area (Å²) < 4.78 is 0. The molecule has 2 unspecified atom stereocenters. The topological polar surface area (TPSA) is 126 Å². The van der Waals surface area contributed by atoms with E-state index in [1.54, 1.807) is 6.92 Å². The number of amides is 2. The Labute approximate surface area is 126 Å². The van der Waals surface area contributed by atoms with E-state index in [1.165, 1.54) is 18.4 Å². The average molecular weight is 312 g/mol. The third-order valence-electron chi connectivity index (χ3n) is 3.33. The van der Waals surface area contributed by atoms with Crippen LogP contribution in [0.1, 0.15) is 23.0 Å². The number of carbonyl (C=O) groups excluding carboxylic acids is 2. The molecule has 1 aromatic heterocycles. The van der Waals surface area contributed by atoms with Crippen LogP contribution in [0.15, 0.2) is 0 Å². The number of aromatic nitrogens is 1.